The largest absolute Gasteiger partial charge is 0.326 e. The fourth-order valence-corrected chi connectivity index (χ4v) is 2.48. The summed E-state index contributed by atoms with van der Waals surface area (Å²) < 4.78 is 15.7. The molecule has 2 N–H and O–H groups in total. The maximum Gasteiger partial charge on any atom is 0.140 e. The zero-order valence-corrected chi connectivity index (χ0v) is 13.9. The third-order valence-corrected chi connectivity index (χ3v) is 3.81. The Morgan fingerprint density at radius 2 is 1.88 bits per heavy atom. The minimum Gasteiger partial charge on any atom is -0.326 e. The van der Waals surface area contributed by atoms with E-state index in [1.807, 2.05) is 41.1 Å². The number of halogens is 1. The summed E-state index contributed by atoms with van der Waals surface area (Å²) in [5, 5.41) is 7.77. The maximum absolute atomic E-state index is 13.8. The highest BCUT2D eigenvalue weighted by molar-refractivity contribution is 7.97. The first-order valence-electron chi connectivity index (χ1n) is 7.12. The number of hydrogen-bond donors (Lipinski definition) is 1. The molecule has 0 unspecified atom stereocenters. The van der Waals surface area contributed by atoms with Gasteiger partial charge in [-0.2, -0.15) is 4.91 Å². The Labute approximate surface area is 143 Å². The quantitative estimate of drug-likeness (QED) is 0.571. The van der Waals surface area contributed by atoms with E-state index in [1.54, 1.807) is 18.3 Å². The molecular weight excluding hydrogens is 327 g/mol. The fraction of sp³-hybridized carbons (Fsp3) is 0.118. The van der Waals surface area contributed by atoms with Gasteiger partial charge < -0.3 is 4.57 Å². The second-order valence-electron chi connectivity index (χ2n) is 4.79. The van der Waals surface area contributed by atoms with Crippen LogP contribution in [0.3, 0.4) is 0 Å². The Bertz CT molecular complexity index is 789. The van der Waals surface area contributed by atoms with Gasteiger partial charge in [0.05, 0.1) is 13.6 Å². The molecule has 0 amide bonds. The number of hydrogen-bond acceptors (Lipinski definition) is 5. The summed E-state index contributed by atoms with van der Waals surface area (Å²) in [5.41, 5.74) is 1.63. The second-order valence-corrected chi connectivity index (χ2v) is 5.50. The predicted octanol–water partition coefficient (Wildman–Crippen LogP) is 4.09. The number of benzene rings is 2. The number of nitrogens with zero attached hydrogens (tertiary/aromatic N) is 3. The molecule has 3 aromatic rings. The zero-order valence-electron chi connectivity index (χ0n) is 13.1. The molecule has 0 saturated heterocycles. The number of rotatable bonds is 4. The Balaban J connectivity index is 0.000000647. The molecule has 124 valence electrons. The monoisotopic (exact) mass is 344 g/mol. The van der Waals surface area contributed by atoms with E-state index in [0.717, 1.165) is 16.3 Å². The first kappa shape index (κ1) is 17.8. The standard InChI is InChI=1S/C16H14FN3S.CH3NO/c17-15-4-2-1-3-13(15)11-20-10-9-19-16(20)12-5-7-14(21-18)8-6-12;1-2-3/h1-10H,11,18H2;1H3. The van der Waals surface area contributed by atoms with Crippen LogP contribution in [0.4, 0.5) is 4.39 Å². The van der Waals surface area contributed by atoms with Crippen molar-refractivity contribution in [1.29, 1.82) is 0 Å². The third-order valence-electron chi connectivity index (χ3n) is 3.26. The van der Waals surface area contributed by atoms with Crippen LogP contribution >= 0.6 is 11.9 Å². The van der Waals surface area contributed by atoms with E-state index in [1.165, 1.54) is 25.1 Å². The molecule has 0 radical (unpaired) electrons. The number of nitrogens with two attached hydrogens (primary N) is 1. The molecule has 1 aromatic heterocycles. The predicted molar refractivity (Wildman–Crippen MR) is 94.9 cm³/mol. The van der Waals surface area contributed by atoms with E-state index in [-0.39, 0.29) is 5.82 Å². The van der Waals surface area contributed by atoms with Gasteiger partial charge in [0.25, 0.3) is 0 Å². The summed E-state index contributed by atoms with van der Waals surface area (Å²) in [4.78, 5) is 13.9. The lowest BCUT2D eigenvalue weighted by molar-refractivity contribution is 0.600. The normalized spacial score (nSPS) is 9.96. The highest BCUT2D eigenvalue weighted by Crippen LogP contribution is 2.22. The molecule has 0 aliphatic carbocycles. The van der Waals surface area contributed by atoms with Gasteiger partial charge in [-0.1, -0.05) is 35.5 Å². The van der Waals surface area contributed by atoms with Crippen molar-refractivity contribution in [3.8, 4) is 11.4 Å². The highest BCUT2D eigenvalue weighted by atomic mass is 32.2. The van der Waals surface area contributed by atoms with Gasteiger partial charge in [0.1, 0.15) is 11.6 Å². The van der Waals surface area contributed by atoms with Crippen LogP contribution in [-0.2, 0) is 6.54 Å². The molecule has 0 fully saturated rings. The van der Waals surface area contributed by atoms with Crippen LogP contribution in [0.25, 0.3) is 11.4 Å². The van der Waals surface area contributed by atoms with Crippen LogP contribution in [0.15, 0.2) is 71.0 Å². The van der Waals surface area contributed by atoms with E-state index in [9.17, 15) is 4.39 Å². The summed E-state index contributed by atoms with van der Waals surface area (Å²) in [5.74, 6) is 0.610. The molecule has 0 atom stereocenters. The van der Waals surface area contributed by atoms with Crippen LogP contribution in [-0.4, -0.2) is 16.6 Å². The molecular formula is C17H17FN4OS. The van der Waals surface area contributed by atoms with E-state index >= 15 is 0 Å². The van der Waals surface area contributed by atoms with Crippen molar-refractivity contribution in [2.45, 2.75) is 11.4 Å². The van der Waals surface area contributed by atoms with Crippen LogP contribution in [0.1, 0.15) is 5.56 Å². The van der Waals surface area contributed by atoms with Crippen molar-refractivity contribution >= 4 is 11.9 Å². The maximum atomic E-state index is 13.8. The smallest absolute Gasteiger partial charge is 0.140 e. The van der Waals surface area contributed by atoms with Gasteiger partial charge in [0, 0.05) is 28.4 Å². The van der Waals surface area contributed by atoms with Gasteiger partial charge in [0.15, 0.2) is 0 Å². The Kier molecular flexibility index (Phi) is 6.65. The van der Waals surface area contributed by atoms with E-state index in [0.29, 0.717) is 12.1 Å². The lowest BCUT2D eigenvalue weighted by Gasteiger charge is -2.09. The average molecular weight is 344 g/mol. The van der Waals surface area contributed by atoms with Crippen molar-refractivity contribution in [3.05, 3.63) is 77.2 Å². The first-order chi connectivity index (χ1) is 11.7. The van der Waals surface area contributed by atoms with Crippen molar-refractivity contribution in [3.63, 3.8) is 0 Å². The minimum atomic E-state index is -0.202. The Morgan fingerprint density at radius 1 is 1.21 bits per heavy atom. The molecule has 5 nitrogen and oxygen atoms in total. The lowest BCUT2D eigenvalue weighted by atomic mass is 10.2. The molecule has 1 heterocycles. The van der Waals surface area contributed by atoms with Gasteiger partial charge in [-0.25, -0.2) is 9.37 Å². The molecule has 0 aliphatic heterocycles. The number of aromatic nitrogens is 2. The fourth-order valence-electron chi connectivity index (χ4n) is 2.19. The van der Waals surface area contributed by atoms with E-state index < -0.39 is 0 Å². The van der Waals surface area contributed by atoms with Crippen molar-refractivity contribution < 1.29 is 4.39 Å². The van der Waals surface area contributed by atoms with Gasteiger partial charge in [0.2, 0.25) is 0 Å². The van der Waals surface area contributed by atoms with Crippen LogP contribution < -0.4 is 5.14 Å². The van der Waals surface area contributed by atoms with Crippen LogP contribution in [0, 0.1) is 10.7 Å². The van der Waals surface area contributed by atoms with Crippen LogP contribution in [0.5, 0.6) is 0 Å². The SMILES string of the molecule is CN=O.NSc1ccc(-c2nccn2Cc2ccccc2F)cc1. The van der Waals surface area contributed by atoms with Crippen molar-refractivity contribution in [2.75, 3.05) is 7.05 Å². The molecule has 0 spiro atoms. The van der Waals surface area contributed by atoms with Crippen molar-refractivity contribution in [2.24, 2.45) is 10.3 Å². The molecule has 0 aliphatic rings. The van der Waals surface area contributed by atoms with E-state index in [2.05, 4.69) is 10.2 Å². The van der Waals surface area contributed by atoms with Gasteiger partial charge in [-0.15, -0.1) is 0 Å². The topological polar surface area (TPSA) is 73.3 Å². The highest BCUT2D eigenvalue weighted by Gasteiger charge is 2.08. The first-order valence-corrected chi connectivity index (χ1v) is 8.00. The Hall–Kier alpha value is -2.51. The number of nitroso groups, excluding NO2 is 1. The molecule has 3 rings (SSSR count). The molecule has 2 aromatic carbocycles. The van der Waals surface area contributed by atoms with Gasteiger partial charge in [-0.05, 0) is 30.1 Å². The van der Waals surface area contributed by atoms with Crippen LogP contribution in [0.2, 0.25) is 0 Å². The molecule has 0 saturated carbocycles. The van der Waals surface area contributed by atoms with Crippen molar-refractivity contribution in [1.82, 2.24) is 9.55 Å². The molecule has 0 bridgehead atoms. The average Bonchev–Trinajstić information content (AvgIpc) is 3.06. The molecule has 7 heteroatoms. The molecule has 24 heavy (non-hydrogen) atoms. The lowest BCUT2D eigenvalue weighted by Crippen LogP contribution is -2.03. The van der Waals surface area contributed by atoms with Gasteiger partial charge in [-0.3, -0.25) is 5.14 Å². The summed E-state index contributed by atoms with van der Waals surface area (Å²) in [6.07, 6.45) is 3.58. The number of imidazole rings is 1. The summed E-state index contributed by atoms with van der Waals surface area (Å²) in [7, 11) is 1.19. The Morgan fingerprint density at radius 3 is 2.50 bits per heavy atom. The minimum absolute atomic E-state index is 0.202. The van der Waals surface area contributed by atoms with Gasteiger partial charge >= 0.3 is 0 Å². The second kappa shape index (κ2) is 8.95. The summed E-state index contributed by atoms with van der Waals surface area (Å²) >= 11 is 1.21. The van der Waals surface area contributed by atoms with E-state index in [4.69, 9.17) is 10.0 Å². The summed E-state index contributed by atoms with van der Waals surface area (Å²) in [6, 6.07) is 14.6. The zero-order chi connectivity index (χ0) is 17.4. The third kappa shape index (κ3) is 4.50. The summed E-state index contributed by atoms with van der Waals surface area (Å²) in [6.45, 7) is 0.454.